The first kappa shape index (κ1) is 10.6. The van der Waals surface area contributed by atoms with Crippen molar-refractivity contribution in [3.8, 4) is 0 Å². The van der Waals surface area contributed by atoms with Gasteiger partial charge in [0, 0.05) is 23.2 Å². The van der Waals surface area contributed by atoms with Crippen molar-refractivity contribution < 1.29 is 4.92 Å². The molecule has 0 unspecified atom stereocenters. The average molecular weight is 235 g/mol. The Hall–Kier alpha value is -1.94. The molecule has 2 rings (SSSR count). The zero-order chi connectivity index (χ0) is 11.5. The van der Waals surface area contributed by atoms with Crippen LogP contribution >= 0.6 is 11.6 Å². The van der Waals surface area contributed by atoms with E-state index in [1.165, 1.54) is 6.08 Å². The molecule has 16 heavy (non-hydrogen) atoms. The van der Waals surface area contributed by atoms with E-state index in [0.717, 1.165) is 11.6 Å². The number of aromatic nitrogens is 1. The van der Waals surface area contributed by atoms with Crippen molar-refractivity contribution in [1.82, 2.24) is 4.98 Å². The van der Waals surface area contributed by atoms with E-state index in [0.29, 0.717) is 16.1 Å². The Morgan fingerprint density at radius 3 is 2.94 bits per heavy atom. The number of nitro groups is 1. The van der Waals surface area contributed by atoms with Crippen molar-refractivity contribution in [3.05, 3.63) is 57.4 Å². The van der Waals surface area contributed by atoms with E-state index in [-0.39, 0.29) is 0 Å². The third kappa shape index (κ3) is 2.01. The Morgan fingerprint density at radius 1 is 1.38 bits per heavy atom. The van der Waals surface area contributed by atoms with E-state index in [1.54, 1.807) is 18.3 Å². The van der Waals surface area contributed by atoms with Gasteiger partial charge < -0.3 is 0 Å². The fourth-order valence-electron chi connectivity index (χ4n) is 1.44. The van der Waals surface area contributed by atoms with Crippen molar-refractivity contribution >= 4 is 28.6 Å². The number of benzene rings is 1. The number of hydrogen-bond acceptors (Lipinski definition) is 3. The van der Waals surface area contributed by atoms with Gasteiger partial charge >= 0.3 is 0 Å². The summed E-state index contributed by atoms with van der Waals surface area (Å²) in [7, 11) is 0. The Bertz CT molecular complexity index is 581. The van der Waals surface area contributed by atoms with Crippen LogP contribution in [-0.2, 0) is 0 Å². The Kier molecular flexibility index (Phi) is 2.83. The summed E-state index contributed by atoms with van der Waals surface area (Å²) < 4.78 is 0. The minimum atomic E-state index is -0.530. The van der Waals surface area contributed by atoms with Crippen molar-refractivity contribution in [2.75, 3.05) is 0 Å². The van der Waals surface area contributed by atoms with Crippen molar-refractivity contribution in [2.45, 2.75) is 0 Å². The second-order valence-electron chi connectivity index (χ2n) is 3.14. The molecule has 5 heteroatoms. The van der Waals surface area contributed by atoms with Gasteiger partial charge in [-0.25, -0.2) is 0 Å². The minimum absolute atomic E-state index is 0.448. The number of rotatable bonds is 2. The van der Waals surface area contributed by atoms with Crippen LogP contribution in [0.25, 0.3) is 17.0 Å². The lowest BCUT2D eigenvalue weighted by Crippen LogP contribution is -1.87. The molecule has 0 N–H and O–H groups in total. The van der Waals surface area contributed by atoms with E-state index in [9.17, 15) is 10.1 Å². The summed E-state index contributed by atoms with van der Waals surface area (Å²) in [6.07, 6.45) is 3.84. The molecule has 0 radical (unpaired) electrons. The highest BCUT2D eigenvalue weighted by Crippen LogP contribution is 2.25. The van der Waals surface area contributed by atoms with Gasteiger partial charge in [0.2, 0.25) is 6.20 Å². The summed E-state index contributed by atoms with van der Waals surface area (Å²) in [5, 5.41) is 11.6. The highest BCUT2D eigenvalue weighted by atomic mass is 35.5. The molecule has 0 fully saturated rings. The zero-order valence-electron chi connectivity index (χ0n) is 8.13. The number of nitrogens with zero attached hydrogens (tertiary/aromatic N) is 2. The number of hydrogen-bond donors (Lipinski definition) is 0. The summed E-state index contributed by atoms with van der Waals surface area (Å²) in [5.74, 6) is 0. The third-order valence-corrected chi connectivity index (χ3v) is 2.45. The topological polar surface area (TPSA) is 56.0 Å². The standard InChI is InChI=1S/C11H7ClN2O2/c12-10-4-3-8-2-1-6-13-11(8)9(10)5-7-14(15)16/h1-7H/b7-5+. The van der Waals surface area contributed by atoms with Crippen LogP contribution in [-0.4, -0.2) is 9.91 Å². The second-order valence-corrected chi connectivity index (χ2v) is 3.54. The fourth-order valence-corrected chi connectivity index (χ4v) is 1.65. The maximum atomic E-state index is 10.3. The normalized spacial score (nSPS) is 11.1. The molecule has 0 aliphatic rings. The van der Waals surface area contributed by atoms with Crippen LogP contribution in [0.1, 0.15) is 5.56 Å². The molecule has 80 valence electrons. The van der Waals surface area contributed by atoms with Crippen LogP contribution in [0.15, 0.2) is 36.7 Å². The van der Waals surface area contributed by atoms with Crippen LogP contribution in [0.5, 0.6) is 0 Å². The summed E-state index contributed by atoms with van der Waals surface area (Å²) in [4.78, 5) is 13.9. The van der Waals surface area contributed by atoms with Gasteiger partial charge in [0.15, 0.2) is 0 Å². The van der Waals surface area contributed by atoms with E-state index in [2.05, 4.69) is 4.98 Å². The predicted octanol–water partition coefficient (Wildman–Crippen LogP) is 3.14. The predicted molar refractivity (Wildman–Crippen MR) is 62.8 cm³/mol. The Labute approximate surface area is 96.3 Å². The lowest BCUT2D eigenvalue weighted by molar-refractivity contribution is -0.400. The molecule has 0 amide bonds. The fraction of sp³-hybridized carbons (Fsp3) is 0. The summed E-state index contributed by atoms with van der Waals surface area (Å²) in [5.41, 5.74) is 1.23. The van der Waals surface area contributed by atoms with Gasteiger partial charge in [-0.05, 0) is 12.1 Å². The average Bonchev–Trinajstić information content (AvgIpc) is 2.27. The first-order chi connectivity index (χ1) is 7.68. The molecule has 0 bridgehead atoms. The largest absolute Gasteiger partial charge is 0.259 e. The lowest BCUT2D eigenvalue weighted by Gasteiger charge is -2.02. The maximum absolute atomic E-state index is 10.3. The van der Waals surface area contributed by atoms with E-state index in [1.807, 2.05) is 12.1 Å². The highest BCUT2D eigenvalue weighted by molar-refractivity contribution is 6.33. The molecular weight excluding hydrogens is 228 g/mol. The lowest BCUT2D eigenvalue weighted by atomic mass is 10.1. The third-order valence-electron chi connectivity index (χ3n) is 2.12. The molecule has 0 saturated heterocycles. The van der Waals surface area contributed by atoms with Crippen LogP contribution in [0, 0.1) is 10.1 Å². The first-order valence-corrected chi connectivity index (χ1v) is 4.91. The summed E-state index contributed by atoms with van der Waals surface area (Å²) >= 11 is 5.97. The number of fused-ring (bicyclic) bond motifs is 1. The number of pyridine rings is 1. The van der Waals surface area contributed by atoms with Gasteiger partial charge in [-0.15, -0.1) is 0 Å². The monoisotopic (exact) mass is 234 g/mol. The van der Waals surface area contributed by atoms with Crippen molar-refractivity contribution in [3.63, 3.8) is 0 Å². The van der Waals surface area contributed by atoms with Crippen molar-refractivity contribution in [2.24, 2.45) is 0 Å². The second kappa shape index (κ2) is 4.28. The Morgan fingerprint density at radius 2 is 2.19 bits per heavy atom. The van der Waals surface area contributed by atoms with Crippen LogP contribution in [0.2, 0.25) is 5.02 Å². The molecule has 0 spiro atoms. The van der Waals surface area contributed by atoms with E-state index >= 15 is 0 Å². The summed E-state index contributed by atoms with van der Waals surface area (Å²) in [6, 6.07) is 7.21. The van der Waals surface area contributed by atoms with Gasteiger partial charge in [0.1, 0.15) is 0 Å². The SMILES string of the molecule is O=[N+]([O-])/C=C/c1c(Cl)ccc2cccnc12. The zero-order valence-corrected chi connectivity index (χ0v) is 8.89. The molecule has 0 aliphatic carbocycles. The van der Waals surface area contributed by atoms with Gasteiger partial charge in [-0.1, -0.05) is 23.7 Å². The molecule has 4 nitrogen and oxygen atoms in total. The van der Waals surface area contributed by atoms with Gasteiger partial charge in [-0.3, -0.25) is 15.1 Å². The molecule has 2 aromatic rings. The van der Waals surface area contributed by atoms with E-state index in [4.69, 9.17) is 11.6 Å². The quantitative estimate of drug-likeness (QED) is 0.593. The minimum Gasteiger partial charge on any atom is -0.259 e. The smallest absolute Gasteiger partial charge is 0.235 e. The molecular formula is C11H7ClN2O2. The van der Waals surface area contributed by atoms with Gasteiger partial charge in [0.25, 0.3) is 0 Å². The molecule has 0 saturated carbocycles. The first-order valence-electron chi connectivity index (χ1n) is 4.53. The van der Waals surface area contributed by atoms with Gasteiger partial charge in [-0.2, -0.15) is 0 Å². The van der Waals surface area contributed by atoms with Crippen LogP contribution in [0.4, 0.5) is 0 Å². The van der Waals surface area contributed by atoms with E-state index < -0.39 is 4.92 Å². The molecule has 1 aromatic heterocycles. The van der Waals surface area contributed by atoms with Crippen LogP contribution < -0.4 is 0 Å². The highest BCUT2D eigenvalue weighted by Gasteiger charge is 2.05. The van der Waals surface area contributed by atoms with Gasteiger partial charge in [0.05, 0.1) is 15.5 Å². The maximum Gasteiger partial charge on any atom is 0.235 e. The molecule has 1 heterocycles. The molecule has 0 atom stereocenters. The Balaban J connectivity index is 2.66. The summed E-state index contributed by atoms with van der Waals surface area (Å²) in [6.45, 7) is 0. The van der Waals surface area contributed by atoms with Crippen LogP contribution in [0.3, 0.4) is 0 Å². The van der Waals surface area contributed by atoms with Crippen molar-refractivity contribution in [1.29, 1.82) is 0 Å². The molecule has 1 aromatic carbocycles. The number of halogens is 1. The molecule has 0 aliphatic heterocycles.